The number of rotatable bonds is 30. The Labute approximate surface area is 476 Å². The van der Waals surface area contributed by atoms with E-state index < -0.39 is 47.5 Å². The van der Waals surface area contributed by atoms with Crippen LogP contribution in [0.2, 0.25) is 0 Å². The second kappa shape index (κ2) is 31.8. The van der Waals surface area contributed by atoms with Gasteiger partial charge in [-0.1, -0.05) is 36.6 Å². The first kappa shape index (κ1) is 60.7. The number of esters is 6. The average Bonchev–Trinajstić information content (AvgIpc) is 3.92. The Balaban J connectivity index is 0.879. The third-order valence-electron chi connectivity index (χ3n) is 14.0. The molecule has 0 bridgehead atoms. The van der Waals surface area contributed by atoms with E-state index in [1.54, 1.807) is 66.7 Å². The van der Waals surface area contributed by atoms with E-state index in [0.717, 1.165) is 73.7 Å². The summed E-state index contributed by atoms with van der Waals surface area (Å²) in [7, 11) is 0. The molecule has 1 N–H and O–H groups in total. The molecule has 1 amide bonds. The Kier molecular flexibility index (Phi) is 23.8. The van der Waals surface area contributed by atoms with Gasteiger partial charge in [0.15, 0.2) is 0 Å². The number of aromatic nitrogens is 1. The number of amides is 1. The molecule has 0 radical (unpaired) electrons. The van der Waals surface area contributed by atoms with Crippen LogP contribution in [-0.4, -0.2) is 73.1 Å². The molecule has 19 heteroatoms. The van der Waals surface area contributed by atoms with Gasteiger partial charge in [-0.05, 0) is 182 Å². The molecule has 0 unspecified atom stereocenters. The second-order valence-corrected chi connectivity index (χ2v) is 20.9. The lowest BCUT2D eigenvalue weighted by atomic mass is 9.82. The number of nitrogens with zero attached hydrogens (tertiary/aromatic N) is 2. The van der Waals surface area contributed by atoms with Crippen molar-refractivity contribution < 1.29 is 71.5 Å². The molecule has 2 saturated carbocycles. The lowest BCUT2D eigenvalue weighted by Crippen LogP contribution is -2.41. The van der Waals surface area contributed by atoms with E-state index in [-0.39, 0.29) is 35.9 Å². The molecule has 18 nitrogen and oxygen atoms in total. The first-order chi connectivity index (χ1) is 39.3. The van der Waals surface area contributed by atoms with Crippen LogP contribution in [0.5, 0.6) is 34.5 Å². The lowest BCUT2D eigenvalue weighted by molar-refractivity contribution is -0.145. The highest BCUT2D eigenvalue weighted by Gasteiger charge is 2.34. The maximum absolute atomic E-state index is 13.8. The molecule has 2 aliphatic carbocycles. The minimum absolute atomic E-state index is 0.0185. The normalized spacial score (nSPS) is 16.7. The summed E-state index contributed by atoms with van der Waals surface area (Å²) in [5.41, 5.74) is 4.29. The topological polar surface area (TPSA) is 221 Å². The summed E-state index contributed by atoms with van der Waals surface area (Å²) in [6.07, 6.45) is 12.5. The van der Waals surface area contributed by atoms with Crippen molar-refractivity contribution in [2.45, 2.75) is 116 Å². The van der Waals surface area contributed by atoms with Crippen LogP contribution in [0, 0.1) is 23.7 Å². The summed E-state index contributed by atoms with van der Waals surface area (Å²) in [6.45, 7) is 9.93. The third kappa shape index (κ3) is 19.4. The monoisotopic (exact) mass is 1130 g/mol. The quantitative estimate of drug-likeness (QED) is 0.0148. The maximum Gasteiger partial charge on any atom is 0.330 e. The number of fused-ring (bicyclic) bond motifs is 1. The molecule has 0 saturated heterocycles. The largest absolute Gasteiger partial charge is 0.494 e. The molecule has 2 aliphatic rings. The Bertz CT molecular complexity index is 2890. The molecule has 0 atom stereocenters. The van der Waals surface area contributed by atoms with Crippen LogP contribution in [0.3, 0.4) is 0 Å². The second-order valence-electron chi connectivity index (χ2n) is 19.9. The van der Waals surface area contributed by atoms with Crippen molar-refractivity contribution in [1.82, 2.24) is 10.4 Å². The minimum atomic E-state index is -0.496. The van der Waals surface area contributed by atoms with Crippen molar-refractivity contribution in [3.05, 3.63) is 122 Å². The maximum atomic E-state index is 13.8. The van der Waals surface area contributed by atoms with Crippen molar-refractivity contribution >= 4 is 68.4 Å². The van der Waals surface area contributed by atoms with E-state index >= 15 is 0 Å². The molecule has 430 valence electrons. The molecule has 0 spiro atoms. The van der Waals surface area contributed by atoms with E-state index in [1.807, 2.05) is 24.3 Å². The van der Waals surface area contributed by atoms with Crippen LogP contribution in [0.25, 0.3) is 10.2 Å². The van der Waals surface area contributed by atoms with Gasteiger partial charge in [0.2, 0.25) is 11.0 Å². The molecule has 81 heavy (non-hydrogen) atoms. The van der Waals surface area contributed by atoms with Gasteiger partial charge in [0.1, 0.15) is 34.5 Å². The Morgan fingerprint density at radius 1 is 0.531 bits per heavy atom. The van der Waals surface area contributed by atoms with Crippen LogP contribution < -0.4 is 38.9 Å². The summed E-state index contributed by atoms with van der Waals surface area (Å²) in [5, 5.41) is 1.74. The van der Waals surface area contributed by atoms with Crippen LogP contribution in [0.1, 0.15) is 115 Å². The smallest absolute Gasteiger partial charge is 0.330 e. The van der Waals surface area contributed by atoms with E-state index in [4.69, 9.17) is 37.9 Å². The van der Waals surface area contributed by atoms with Gasteiger partial charge in [-0.2, -0.15) is 0 Å². The average molecular weight is 1130 g/mol. The fourth-order valence-electron chi connectivity index (χ4n) is 9.38. The van der Waals surface area contributed by atoms with Gasteiger partial charge in [-0.25, -0.2) is 25.0 Å². The highest BCUT2D eigenvalue weighted by Crippen LogP contribution is 2.36. The molecular weight excluding hydrogens is 1060 g/mol. The number of unbranched alkanes of at least 4 members (excludes halogenated alkanes) is 6. The van der Waals surface area contributed by atoms with Crippen molar-refractivity contribution in [2.24, 2.45) is 23.7 Å². The fraction of sp³-hybridized carbons (Fsp3) is 0.419. The molecule has 1 aromatic heterocycles. The first-order valence-electron chi connectivity index (χ1n) is 27.8. The van der Waals surface area contributed by atoms with E-state index in [2.05, 4.69) is 23.6 Å². The Hall–Kier alpha value is -7.90. The third-order valence-corrected chi connectivity index (χ3v) is 15.0. The minimum Gasteiger partial charge on any atom is -0.494 e. The SMILES string of the molecule is C=CC(=O)OCCCCCCOc1ccc(OC(=O)[C@H]2CC[C@H](C(=O)Oc3ccc(OC(=O)[C@H]4CC[C@H](C(=O)Oc5ccc(OCCCCCCOC(=O)C=C)cc5)CC4)c(CNN(C(C)=O)c4nc5ccccc5s4)c3)CC2)cc1. The van der Waals surface area contributed by atoms with Crippen LogP contribution in [0.4, 0.5) is 5.13 Å². The van der Waals surface area contributed by atoms with Gasteiger partial charge in [-0.15, -0.1) is 0 Å². The number of benzene rings is 4. The number of para-hydroxylation sites is 1. The van der Waals surface area contributed by atoms with Crippen molar-refractivity contribution in [2.75, 3.05) is 31.4 Å². The standard InChI is InChI=1S/C62H71N3O15S/c1-4-56(67)75-38-14-8-6-12-36-73-48-26-30-50(31-27-48)77-58(69)43-18-20-45(21-19-43)60(71)79-52-34-35-54(47(40-52)41-63-65(42(3)66)62-64-53-16-10-11-17-55(53)81-62)80-61(72)46-24-22-44(23-25-46)59(70)78-51-32-28-49(29-33-51)74-37-13-7-9-15-39-76-57(68)5-2/h4-5,10-11,16-17,26-35,40,43-46,63H,1-2,6-9,12-15,18-25,36-39,41H2,3H3/t43-,44-,45-,46-. The van der Waals surface area contributed by atoms with Gasteiger partial charge in [0, 0.05) is 31.2 Å². The number of ether oxygens (including phenoxy) is 8. The highest BCUT2D eigenvalue weighted by atomic mass is 32.1. The summed E-state index contributed by atoms with van der Waals surface area (Å²) in [6, 6.07) is 26.0. The van der Waals surface area contributed by atoms with Gasteiger partial charge in [-0.3, -0.25) is 24.0 Å². The number of hydrazine groups is 1. The van der Waals surface area contributed by atoms with Gasteiger partial charge < -0.3 is 37.9 Å². The number of anilines is 1. The number of hydrogen-bond acceptors (Lipinski definition) is 18. The molecular formula is C62H71N3O15S. The van der Waals surface area contributed by atoms with E-state index in [9.17, 15) is 33.6 Å². The zero-order valence-corrected chi connectivity index (χ0v) is 46.6. The lowest BCUT2D eigenvalue weighted by Gasteiger charge is -2.26. The summed E-state index contributed by atoms with van der Waals surface area (Å²) in [4.78, 5) is 93.9. The number of carbonyl (C=O) groups excluding carboxylic acids is 7. The molecule has 5 aromatic rings. The molecule has 4 aromatic carbocycles. The summed E-state index contributed by atoms with van der Waals surface area (Å²) >= 11 is 1.33. The van der Waals surface area contributed by atoms with Gasteiger partial charge in [0.05, 0.1) is 60.3 Å². The van der Waals surface area contributed by atoms with E-state index in [1.165, 1.54) is 23.3 Å². The molecule has 1 heterocycles. The molecule has 2 fully saturated rings. The number of nitrogens with one attached hydrogen (secondary N) is 1. The Morgan fingerprint density at radius 3 is 1.38 bits per heavy atom. The van der Waals surface area contributed by atoms with Crippen molar-refractivity contribution in [3.8, 4) is 34.5 Å². The predicted molar refractivity (Wildman–Crippen MR) is 303 cm³/mol. The first-order valence-corrected chi connectivity index (χ1v) is 28.6. The van der Waals surface area contributed by atoms with Crippen LogP contribution >= 0.6 is 11.3 Å². The van der Waals surface area contributed by atoms with Crippen molar-refractivity contribution in [3.63, 3.8) is 0 Å². The van der Waals surface area contributed by atoms with Crippen LogP contribution in [-0.2, 0) is 49.6 Å². The molecule has 7 rings (SSSR count). The molecule has 0 aliphatic heterocycles. The summed E-state index contributed by atoms with van der Waals surface area (Å²) in [5.74, 6) is -2.12. The van der Waals surface area contributed by atoms with Gasteiger partial charge >= 0.3 is 35.8 Å². The zero-order valence-electron chi connectivity index (χ0n) is 45.8. The zero-order chi connectivity index (χ0) is 57.3. The van der Waals surface area contributed by atoms with Crippen molar-refractivity contribution in [1.29, 1.82) is 0 Å². The van der Waals surface area contributed by atoms with Crippen LogP contribution in [0.15, 0.2) is 116 Å². The number of hydrogen-bond donors (Lipinski definition) is 1. The van der Waals surface area contributed by atoms with E-state index in [0.29, 0.717) is 111 Å². The highest BCUT2D eigenvalue weighted by molar-refractivity contribution is 7.22. The number of carbonyl (C=O) groups is 7. The van der Waals surface area contributed by atoms with Gasteiger partial charge in [0.25, 0.3) is 0 Å². The Morgan fingerprint density at radius 2 is 0.938 bits per heavy atom. The summed E-state index contributed by atoms with van der Waals surface area (Å²) < 4.78 is 45.9. The fourth-order valence-corrected chi connectivity index (χ4v) is 10.4. The number of thiazole rings is 1. The predicted octanol–water partition coefficient (Wildman–Crippen LogP) is 11.3.